The van der Waals surface area contributed by atoms with Gasteiger partial charge in [-0.15, -0.1) is 0 Å². The number of nitrogens with zero attached hydrogens (tertiary/aromatic N) is 3. The predicted octanol–water partition coefficient (Wildman–Crippen LogP) is 9.26. The van der Waals surface area contributed by atoms with Crippen LogP contribution in [0.2, 0.25) is 0 Å². The first-order valence-electron chi connectivity index (χ1n) is 13.9. The zero-order valence-electron chi connectivity index (χ0n) is 22.3. The van der Waals surface area contributed by atoms with Crippen LogP contribution in [0, 0.1) is 0 Å². The molecule has 0 saturated heterocycles. The number of hydrogen-bond acceptors (Lipinski definition) is 4. The summed E-state index contributed by atoms with van der Waals surface area (Å²) in [4.78, 5) is 14.8. The van der Waals surface area contributed by atoms with Crippen molar-refractivity contribution in [1.29, 1.82) is 0 Å². The summed E-state index contributed by atoms with van der Waals surface area (Å²) in [6.07, 6.45) is 4.42. The fourth-order valence-electron chi connectivity index (χ4n) is 5.71. The van der Waals surface area contributed by atoms with Crippen LogP contribution < -0.4 is 0 Å². The summed E-state index contributed by atoms with van der Waals surface area (Å²) in [5.41, 5.74) is 9.80. The molecule has 1 aliphatic rings. The Morgan fingerprint density at radius 3 is 1.90 bits per heavy atom. The van der Waals surface area contributed by atoms with Gasteiger partial charge in [0.25, 0.3) is 0 Å². The van der Waals surface area contributed by atoms with E-state index in [-0.39, 0.29) is 0 Å². The monoisotopic (exact) mass is 527 g/mol. The maximum Gasteiger partial charge on any atom is 0.164 e. The van der Waals surface area contributed by atoms with Crippen LogP contribution in [0.15, 0.2) is 126 Å². The molecule has 8 rings (SSSR count). The van der Waals surface area contributed by atoms with Gasteiger partial charge in [-0.25, -0.2) is 15.0 Å². The zero-order chi connectivity index (χ0) is 27.2. The van der Waals surface area contributed by atoms with Gasteiger partial charge in [0, 0.05) is 27.5 Å². The molecule has 0 N–H and O–H groups in total. The lowest BCUT2D eigenvalue weighted by Gasteiger charge is -2.17. The molecule has 0 saturated carbocycles. The van der Waals surface area contributed by atoms with E-state index in [1.807, 2.05) is 54.6 Å². The van der Waals surface area contributed by atoms with Crippen molar-refractivity contribution < 1.29 is 4.42 Å². The molecule has 194 valence electrons. The minimum Gasteiger partial charge on any atom is -0.456 e. The highest BCUT2D eigenvalue weighted by atomic mass is 16.3. The van der Waals surface area contributed by atoms with Crippen molar-refractivity contribution in [3.05, 3.63) is 138 Å². The number of benzene rings is 5. The van der Waals surface area contributed by atoms with E-state index in [1.54, 1.807) is 0 Å². The smallest absolute Gasteiger partial charge is 0.164 e. The second-order valence-electron chi connectivity index (χ2n) is 10.4. The summed E-state index contributed by atoms with van der Waals surface area (Å²) >= 11 is 0. The lowest BCUT2D eigenvalue weighted by Crippen LogP contribution is -2.01. The van der Waals surface area contributed by atoms with Gasteiger partial charge in [0.1, 0.15) is 11.2 Å². The molecule has 1 aliphatic carbocycles. The van der Waals surface area contributed by atoms with E-state index in [9.17, 15) is 0 Å². The minimum absolute atomic E-state index is 0.617. The first-order chi connectivity index (χ1) is 20.3. The number of aromatic nitrogens is 3. The fraction of sp³-hybridized carbons (Fsp3) is 0.0541. The molecule has 2 aromatic heterocycles. The molecule has 0 radical (unpaired) electrons. The quantitative estimate of drug-likeness (QED) is 0.229. The van der Waals surface area contributed by atoms with Crippen LogP contribution in [0.5, 0.6) is 0 Å². The van der Waals surface area contributed by atoms with Crippen molar-refractivity contribution in [1.82, 2.24) is 15.0 Å². The van der Waals surface area contributed by atoms with Crippen LogP contribution >= 0.6 is 0 Å². The Kier molecular flexibility index (Phi) is 5.56. The van der Waals surface area contributed by atoms with Crippen molar-refractivity contribution in [2.45, 2.75) is 12.8 Å². The minimum atomic E-state index is 0.617. The molecule has 4 nitrogen and oxygen atoms in total. The SMILES string of the molecule is C1=C(c2ccc(-c3nc(-c4ccccc4)nc(-c4ccc5c(c4)oc4ccccc45)n3)cc2)CCc2ccccc21. The Morgan fingerprint density at radius 2 is 1.07 bits per heavy atom. The zero-order valence-corrected chi connectivity index (χ0v) is 22.3. The number of para-hydroxylation sites is 1. The van der Waals surface area contributed by atoms with Gasteiger partial charge in [-0.3, -0.25) is 0 Å². The van der Waals surface area contributed by atoms with E-state index in [4.69, 9.17) is 19.4 Å². The second-order valence-corrected chi connectivity index (χ2v) is 10.4. The third-order valence-electron chi connectivity index (χ3n) is 7.87. The normalized spacial score (nSPS) is 12.8. The van der Waals surface area contributed by atoms with Crippen molar-refractivity contribution in [3.8, 4) is 34.2 Å². The number of furan rings is 1. The molecule has 0 bridgehead atoms. The molecular formula is C37H25N3O. The van der Waals surface area contributed by atoms with Crippen molar-refractivity contribution >= 4 is 33.6 Å². The van der Waals surface area contributed by atoms with E-state index >= 15 is 0 Å². The van der Waals surface area contributed by atoms with Crippen LogP contribution in [-0.2, 0) is 6.42 Å². The molecule has 0 unspecified atom stereocenters. The van der Waals surface area contributed by atoms with E-state index in [2.05, 4.69) is 72.8 Å². The average molecular weight is 528 g/mol. The maximum absolute atomic E-state index is 6.16. The molecule has 4 heteroatoms. The van der Waals surface area contributed by atoms with Crippen LogP contribution in [0.4, 0.5) is 0 Å². The Labute approximate surface area is 237 Å². The Morgan fingerprint density at radius 1 is 0.463 bits per heavy atom. The topological polar surface area (TPSA) is 51.8 Å². The summed E-state index contributed by atoms with van der Waals surface area (Å²) in [6, 6.07) is 41.6. The maximum atomic E-state index is 6.16. The third-order valence-corrected chi connectivity index (χ3v) is 7.87. The highest BCUT2D eigenvalue weighted by molar-refractivity contribution is 6.05. The van der Waals surface area contributed by atoms with Crippen LogP contribution in [0.1, 0.15) is 23.1 Å². The Bertz CT molecular complexity index is 2090. The van der Waals surface area contributed by atoms with Gasteiger partial charge in [0.15, 0.2) is 17.5 Å². The van der Waals surface area contributed by atoms with Crippen LogP contribution in [0.25, 0.3) is 67.8 Å². The highest BCUT2D eigenvalue weighted by Gasteiger charge is 2.16. The van der Waals surface area contributed by atoms with Gasteiger partial charge in [-0.05, 0) is 53.3 Å². The lowest BCUT2D eigenvalue weighted by atomic mass is 9.88. The standard InChI is InChI=1S/C37H25N3O/c1-2-9-26(10-3-1)35-38-36(27-17-14-25(15-18-27)29-19-16-24-8-4-5-11-28(24)22-29)40-37(39-35)30-20-21-32-31-12-6-7-13-33(31)41-34(32)23-30/h1-15,17-18,20-23H,16,19H2. The Balaban J connectivity index is 1.21. The second kappa shape index (κ2) is 9.68. The lowest BCUT2D eigenvalue weighted by molar-refractivity contribution is 0.669. The largest absolute Gasteiger partial charge is 0.456 e. The van der Waals surface area contributed by atoms with Gasteiger partial charge < -0.3 is 4.42 Å². The number of fused-ring (bicyclic) bond motifs is 4. The number of hydrogen-bond donors (Lipinski definition) is 0. The number of allylic oxidation sites excluding steroid dienone is 1. The van der Waals surface area contributed by atoms with E-state index in [1.165, 1.54) is 22.3 Å². The molecule has 41 heavy (non-hydrogen) atoms. The first-order valence-corrected chi connectivity index (χ1v) is 13.9. The molecule has 2 heterocycles. The van der Waals surface area contributed by atoms with Crippen LogP contribution in [0.3, 0.4) is 0 Å². The summed E-state index contributed by atoms with van der Waals surface area (Å²) in [5.74, 6) is 1.91. The Hall–Kier alpha value is -5.35. The van der Waals surface area contributed by atoms with Crippen molar-refractivity contribution in [2.75, 3.05) is 0 Å². The van der Waals surface area contributed by atoms with E-state index < -0.39 is 0 Å². The predicted molar refractivity (Wildman–Crippen MR) is 166 cm³/mol. The molecule has 0 spiro atoms. The van der Waals surface area contributed by atoms with Crippen molar-refractivity contribution in [2.24, 2.45) is 0 Å². The van der Waals surface area contributed by atoms with Crippen LogP contribution in [-0.4, -0.2) is 15.0 Å². The summed E-state index contributed by atoms with van der Waals surface area (Å²) in [7, 11) is 0. The highest BCUT2D eigenvalue weighted by Crippen LogP contribution is 2.34. The molecule has 0 aliphatic heterocycles. The molecule has 7 aromatic rings. The summed E-state index contributed by atoms with van der Waals surface area (Å²) in [6.45, 7) is 0. The first kappa shape index (κ1) is 23.5. The summed E-state index contributed by atoms with van der Waals surface area (Å²) in [5, 5.41) is 2.18. The average Bonchev–Trinajstić information content (AvgIpc) is 3.43. The van der Waals surface area contributed by atoms with Gasteiger partial charge in [0.05, 0.1) is 0 Å². The van der Waals surface area contributed by atoms with Gasteiger partial charge >= 0.3 is 0 Å². The third kappa shape index (κ3) is 4.30. The number of aryl methyl sites for hydroxylation is 1. The number of rotatable bonds is 4. The van der Waals surface area contributed by atoms with Gasteiger partial charge in [0.2, 0.25) is 0 Å². The van der Waals surface area contributed by atoms with Gasteiger partial charge in [-0.1, -0.05) is 109 Å². The van der Waals surface area contributed by atoms with E-state index in [0.29, 0.717) is 17.5 Å². The molecule has 0 amide bonds. The van der Waals surface area contributed by atoms with E-state index in [0.717, 1.165) is 51.5 Å². The molecule has 0 fully saturated rings. The molecule has 5 aromatic carbocycles. The van der Waals surface area contributed by atoms with Crippen molar-refractivity contribution in [3.63, 3.8) is 0 Å². The molecule has 0 atom stereocenters. The fourth-order valence-corrected chi connectivity index (χ4v) is 5.71. The summed E-state index contributed by atoms with van der Waals surface area (Å²) < 4.78 is 6.16. The van der Waals surface area contributed by atoms with Gasteiger partial charge in [-0.2, -0.15) is 0 Å². The molecular weight excluding hydrogens is 502 g/mol.